The van der Waals surface area contributed by atoms with Crippen LogP contribution in [0.4, 0.5) is 0 Å². The van der Waals surface area contributed by atoms with Crippen LogP contribution in [0.1, 0.15) is 33.5 Å². The molecule has 0 spiro atoms. The van der Waals surface area contributed by atoms with E-state index in [0.29, 0.717) is 32.7 Å². The maximum Gasteiger partial charge on any atom is 0.335 e. The molecule has 0 aliphatic carbocycles. The lowest BCUT2D eigenvalue weighted by atomic mass is 10.0. The van der Waals surface area contributed by atoms with Crippen molar-refractivity contribution in [3.63, 3.8) is 0 Å². The molecule has 0 bridgehead atoms. The van der Waals surface area contributed by atoms with Crippen LogP contribution in [0.25, 0.3) is 34.5 Å². The zero-order valence-electron chi connectivity index (χ0n) is 22.3. The quantitative estimate of drug-likeness (QED) is 0.189. The predicted molar refractivity (Wildman–Crippen MR) is 167 cm³/mol. The van der Waals surface area contributed by atoms with Crippen molar-refractivity contribution in [1.29, 1.82) is 0 Å². The Morgan fingerprint density at radius 3 is 2.29 bits per heavy atom. The summed E-state index contributed by atoms with van der Waals surface area (Å²) >= 11 is 12.6. The molecule has 10 heteroatoms. The first-order chi connectivity index (χ1) is 20.0. The first-order valence-electron chi connectivity index (χ1n) is 12.7. The van der Waals surface area contributed by atoms with Gasteiger partial charge in [-0.2, -0.15) is 0 Å². The standard InChI is InChI=1S/C32H25Cl2N3O4S/c1-42(40,41)26-13-10-22(11-14-26)31(35)37-19-29(27-15-12-25(33)18-28(27)34)36-30(37)16-7-20-5-8-21(9-6-20)23-3-2-4-24(17-23)32(38)39/h2-19,31H,35H2,1H3,(H,38,39)/b16-7+. The second kappa shape index (κ2) is 12.0. The summed E-state index contributed by atoms with van der Waals surface area (Å²) in [6.45, 7) is 0. The minimum atomic E-state index is -3.35. The lowest BCUT2D eigenvalue weighted by molar-refractivity contribution is 0.0697. The van der Waals surface area contributed by atoms with Crippen molar-refractivity contribution in [2.45, 2.75) is 11.1 Å². The summed E-state index contributed by atoms with van der Waals surface area (Å²) in [5, 5.41) is 10.2. The summed E-state index contributed by atoms with van der Waals surface area (Å²) in [6.07, 6.45) is 6.00. The number of imidazole rings is 1. The number of nitrogens with zero attached hydrogens (tertiary/aromatic N) is 2. The normalized spacial score (nSPS) is 12.5. The number of aromatic carboxylic acids is 1. The lowest BCUT2D eigenvalue weighted by Crippen LogP contribution is -2.20. The zero-order chi connectivity index (χ0) is 30.0. The van der Waals surface area contributed by atoms with Gasteiger partial charge in [0, 0.05) is 23.0 Å². The van der Waals surface area contributed by atoms with Gasteiger partial charge in [-0.3, -0.25) is 0 Å². The fourth-order valence-corrected chi connectivity index (χ4v) is 5.58. The number of hydrogen-bond acceptors (Lipinski definition) is 5. The molecule has 0 saturated carbocycles. The summed E-state index contributed by atoms with van der Waals surface area (Å²) in [5.41, 5.74) is 11.4. The third kappa shape index (κ3) is 6.48. The Labute approximate surface area is 253 Å². The molecule has 3 N–H and O–H groups in total. The molecule has 0 aliphatic rings. The van der Waals surface area contributed by atoms with E-state index in [9.17, 15) is 18.3 Å². The molecule has 0 radical (unpaired) electrons. The number of halogens is 2. The molecular weight excluding hydrogens is 593 g/mol. The summed E-state index contributed by atoms with van der Waals surface area (Å²) in [4.78, 5) is 16.3. The fraction of sp³-hybridized carbons (Fsp3) is 0.0625. The van der Waals surface area contributed by atoms with Gasteiger partial charge in [0.05, 0.1) is 21.2 Å². The third-order valence-corrected chi connectivity index (χ3v) is 8.37. The van der Waals surface area contributed by atoms with Gasteiger partial charge in [-0.05, 0) is 70.8 Å². The van der Waals surface area contributed by atoms with Crippen molar-refractivity contribution < 1.29 is 18.3 Å². The molecule has 7 nitrogen and oxygen atoms in total. The van der Waals surface area contributed by atoms with Gasteiger partial charge in [0.2, 0.25) is 0 Å². The number of sulfone groups is 1. The first kappa shape index (κ1) is 29.3. The Hall–Kier alpha value is -4.21. The van der Waals surface area contributed by atoms with Gasteiger partial charge >= 0.3 is 5.97 Å². The predicted octanol–water partition coefficient (Wildman–Crippen LogP) is 7.30. The number of benzene rings is 4. The number of aromatic nitrogens is 2. The molecule has 0 fully saturated rings. The summed E-state index contributed by atoms with van der Waals surface area (Å²) < 4.78 is 25.6. The van der Waals surface area contributed by atoms with Crippen molar-refractivity contribution in [3.8, 4) is 22.4 Å². The van der Waals surface area contributed by atoms with Gasteiger partial charge in [0.15, 0.2) is 9.84 Å². The molecule has 5 aromatic rings. The smallest absolute Gasteiger partial charge is 0.335 e. The largest absolute Gasteiger partial charge is 0.478 e. The number of hydrogen-bond donors (Lipinski definition) is 2. The average Bonchev–Trinajstić information content (AvgIpc) is 3.39. The molecule has 0 saturated heterocycles. The number of nitrogens with two attached hydrogens (primary N) is 1. The zero-order valence-corrected chi connectivity index (χ0v) is 24.6. The van der Waals surface area contributed by atoms with Crippen LogP contribution < -0.4 is 5.73 Å². The van der Waals surface area contributed by atoms with Crippen LogP contribution in [0, 0.1) is 0 Å². The van der Waals surface area contributed by atoms with E-state index in [2.05, 4.69) is 0 Å². The molecule has 5 rings (SSSR count). The Morgan fingerprint density at radius 1 is 0.929 bits per heavy atom. The number of rotatable bonds is 8. The number of carbonyl (C=O) groups is 1. The summed E-state index contributed by atoms with van der Waals surface area (Å²) in [6, 6.07) is 26.0. The Kier molecular flexibility index (Phi) is 8.34. The lowest BCUT2D eigenvalue weighted by Gasteiger charge is -2.16. The highest BCUT2D eigenvalue weighted by Crippen LogP contribution is 2.32. The number of carboxylic acid groups (broad SMARTS) is 1. The van der Waals surface area contributed by atoms with E-state index in [1.54, 1.807) is 59.3 Å². The van der Waals surface area contributed by atoms with Gasteiger partial charge in [-0.25, -0.2) is 18.2 Å². The third-order valence-electron chi connectivity index (χ3n) is 6.70. The molecule has 1 unspecified atom stereocenters. The Morgan fingerprint density at radius 2 is 1.64 bits per heavy atom. The minimum absolute atomic E-state index is 0.205. The second-order valence-electron chi connectivity index (χ2n) is 9.64. The van der Waals surface area contributed by atoms with E-state index in [4.69, 9.17) is 33.9 Å². The monoisotopic (exact) mass is 617 g/mol. The molecule has 42 heavy (non-hydrogen) atoms. The van der Waals surface area contributed by atoms with Gasteiger partial charge in [-0.15, -0.1) is 0 Å². The molecular formula is C32H25Cl2N3O4S. The van der Waals surface area contributed by atoms with Gasteiger partial charge < -0.3 is 15.4 Å². The van der Waals surface area contributed by atoms with Crippen molar-refractivity contribution in [2.24, 2.45) is 5.73 Å². The van der Waals surface area contributed by atoms with E-state index in [0.717, 1.165) is 22.9 Å². The van der Waals surface area contributed by atoms with Crippen LogP contribution in [-0.2, 0) is 9.84 Å². The fourth-order valence-electron chi connectivity index (χ4n) is 4.44. The first-order valence-corrected chi connectivity index (χ1v) is 15.4. The van der Waals surface area contributed by atoms with Crippen molar-refractivity contribution in [1.82, 2.24) is 9.55 Å². The van der Waals surface area contributed by atoms with Crippen LogP contribution >= 0.6 is 23.2 Å². The van der Waals surface area contributed by atoms with Crippen molar-refractivity contribution >= 4 is 51.2 Å². The maximum atomic E-state index is 11.9. The maximum absolute atomic E-state index is 11.9. The topological polar surface area (TPSA) is 115 Å². The van der Waals surface area contributed by atoms with Gasteiger partial charge in [0.1, 0.15) is 12.0 Å². The molecule has 0 aliphatic heterocycles. The minimum Gasteiger partial charge on any atom is -0.478 e. The van der Waals surface area contributed by atoms with E-state index in [1.807, 2.05) is 42.5 Å². The van der Waals surface area contributed by atoms with E-state index < -0.39 is 22.0 Å². The molecule has 1 heterocycles. The molecule has 0 amide bonds. The van der Waals surface area contributed by atoms with Crippen LogP contribution in [0.3, 0.4) is 0 Å². The molecule has 212 valence electrons. The summed E-state index contributed by atoms with van der Waals surface area (Å²) in [7, 11) is -3.35. The SMILES string of the molecule is CS(=O)(=O)c1ccc(C(N)n2cc(-c3ccc(Cl)cc3Cl)nc2/C=C/c2ccc(-c3cccc(C(=O)O)c3)cc2)cc1. The van der Waals surface area contributed by atoms with Crippen LogP contribution in [0.15, 0.2) is 102 Å². The highest BCUT2D eigenvalue weighted by molar-refractivity contribution is 7.90. The average molecular weight is 619 g/mol. The molecule has 1 atom stereocenters. The highest BCUT2D eigenvalue weighted by Gasteiger charge is 2.18. The van der Waals surface area contributed by atoms with E-state index in [-0.39, 0.29) is 10.5 Å². The van der Waals surface area contributed by atoms with Crippen LogP contribution in [-0.4, -0.2) is 35.3 Å². The van der Waals surface area contributed by atoms with Crippen molar-refractivity contribution in [2.75, 3.05) is 6.26 Å². The van der Waals surface area contributed by atoms with E-state index >= 15 is 0 Å². The molecule has 4 aromatic carbocycles. The van der Waals surface area contributed by atoms with Gasteiger partial charge in [-0.1, -0.05) is 77.8 Å². The number of carboxylic acids is 1. The molecule has 1 aromatic heterocycles. The highest BCUT2D eigenvalue weighted by atomic mass is 35.5. The van der Waals surface area contributed by atoms with Crippen LogP contribution in [0.2, 0.25) is 10.0 Å². The summed E-state index contributed by atoms with van der Waals surface area (Å²) in [5.74, 6) is -0.426. The van der Waals surface area contributed by atoms with E-state index in [1.165, 1.54) is 12.1 Å². The van der Waals surface area contributed by atoms with Gasteiger partial charge in [0.25, 0.3) is 0 Å². The Balaban J connectivity index is 1.49. The second-order valence-corrected chi connectivity index (χ2v) is 12.5. The van der Waals surface area contributed by atoms with Crippen LogP contribution in [0.5, 0.6) is 0 Å². The Bertz CT molecular complexity index is 1920. The van der Waals surface area contributed by atoms with Crippen molar-refractivity contribution in [3.05, 3.63) is 130 Å².